The molecule has 172 valence electrons. The van der Waals surface area contributed by atoms with Crippen LogP contribution in [0.15, 0.2) is 29.2 Å². The summed E-state index contributed by atoms with van der Waals surface area (Å²) in [7, 11) is 1.63. The molecule has 3 aromatic rings. The van der Waals surface area contributed by atoms with Crippen LogP contribution in [0.4, 0.5) is 0 Å². The van der Waals surface area contributed by atoms with E-state index in [-0.39, 0.29) is 35.2 Å². The van der Waals surface area contributed by atoms with Crippen molar-refractivity contribution in [3.63, 3.8) is 0 Å². The minimum absolute atomic E-state index is 0.0653. The molecule has 33 heavy (non-hydrogen) atoms. The third kappa shape index (κ3) is 3.16. The van der Waals surface area contributed by atoms with Crippen molar-refractivity contribution in [3.8, 4) is 16.2 Å². The van der Waals surface area contributed by atoms with Crippen molar-refractivity contribution in [1.82, 2.24) is 4.57 Å². The van der Waals surface area contributed by atoms with Gasteiger partial charge in [-0.25, -0.2) is 4.79 Å². The molecule has 6 nitrogen and oxygen atoms in total. The van der Waals surface area contributed by atoms with Gasteiger partial charge in [0.25, 0.3) is 0 Å². The van der Waals surface area contributed by atoms with Gasteiger partial charge in [0, 0.05) is 33.0 Å². The first-order valence-corrected chi connectivity index (χ1v) is 12.5. The molecule has 1 spiro atoms. The average Bonchev–Trinajstić information content (AvgIpc) is 3.74. The Bertz CT molecular complexity index is 1340. The van der Waals surface area contributed by atoms with Crippen LogP contribution in [0.3, 0.4) is 0 Å². The second-order valence-electron chi connectivity index (χ2n) is 9.54. The van der Waals surface area contributed by atoms with E-state index in [1.807, 2.05) is 10.6 Å². The van der Waals surface area contributed by atoms with Crippen molar-refractivity contribution in [3.05, 3.63) is 50.6 Å². The molecule has 0 saturated heterocycles. The fourth-order valence-corrected chi connectivity index (χ4v) is 6.66. The first kappa shape index (κ1) is 20.9. The summed E-state index contributed by atoms with van der Waals surface area (Å²) in [6, 6.07) is 6.12. The van der Waals surface area contributed by atoms with E-state index in [4.69, 9.17) is 9.47 Å². The van der Waals surface area contributed by atoms with Crippen LogP contribution < -0.4 is 10.2 Å². The number of pyridine rings is 1. The lowest BCUT2D eigenvalue weighted by Crippen LogP contribution is -2.21. The Morgan fingerprint density at radius 2 is 2.06 bits per heavy atom. The molecular formula is C26H27NO5S. The lowest BCUT2D eigenvalue weighted by atomic mass is 9.83. The van der Waals surface area contributed by atoms with Gasteiger partial charge in [-0.05, 0) is 69.2 Å². The van der Waals surface area contributed by atoms with Crippen LogP contribution >= 0.6 is 11.3 Å². The molecule has 1 atom stereocenters. The zero-order chi connectivity index (χ0) is 22.9. The molecule has 2 heterocycles. The van der Waals surface area contributed by atoms with E-state index in [9.17, 15) is 14.7 Å². The first-order valence-electron chi connectivity index (χ1n) is 11.7. The summed E-state index contributed by atoms with van der Waals surface area (Å²) < 4.78 is 13.1. The highest BCUT2D eigenvalue weighted by molar-refractivity contribution is 7.15. The Morgan fingerprint density at radius 1 is 1.27 bits per heavy atom. The van der Waals surface area contributed by atoms with E-state index in [0.717, 1.165) is 59.4 Å². The number of carbonyl (C=O) groups excluding carboxylic acids is 1. The van der Waals surface area contributed by atoms with Crippen molar-refractivity contribution in [1.29, 1.82) is 0 Å². The third-order valence-electron chi connectivity index (χ3n) is 7.51. The van der Waals surface area contributed by atoms with Gasteiger partial charge in [0.15, 0.2) is 5.75 Å². The Kier molecular flexibility index (Phi) is 4.72. The molecule has 1 unspecified atom stereocenters. The monoisotopic (exact) mass is 465 g/mol. The number of methoxy groups -OCH3 is 1. The van der Waals surface area contributed by atoms with Crippen molar-refractivity contribution in [2.45, 2.75) is 57.6 Å². The number of thiophene rings is 1. The summed E-state index contributed by atoms with van der Waals surface area (Å²) in [5.41, 5.74) is 2.69. The van der Waals surface area contributed by atoms with Gasteiger partial charge >= 0.3 is 5.97 Å². The number of aryl methyl sites for hydroxylation is 1. The van der Waals surface area contributed by atoms with Crippen molar-refractivity contribution in [2.75, 3.05) is 13.7 Å². The van der Waals surface area contributed by atoms with Crippen LogP contribution in [-0.2, 0) is 11.2 Å². The third-order valence-corrected chi connectivity index (χ3v) is 8.77. The number of aromatic nitrogens is 1. The molecule has 7 heteroatoms. The molecule has 1 aromatic carbocycles. The van der Waals surface area contributed by atoms with E-state index in [1.54, 1.807) is 37.6 Å². The number of fused-ring (bicyclic) bond motifs is 2. The Labute approximate surface area is 195 Å². The van der Waals surface area contributed by atoms with Crippen molar-refractivity contribution < 1.29 is 19.4 Å². The summed E-state index contributed by atoms with van der Waals surface area (Å²) in [5.74, 6) is 0.0527. The van der Waals surface area contributed by atoms with E-state index in [2.05, 4.69) is 6.07 Å². The van der Waals surface area contributed by atoms with Gasteiger partial charge < -0.3 is 19.1 Å². The van der Waals surface area contributed by atoms with Crippen molar-refractivity contribution >= 4 is 28.2 Å². The minimum Gasteiger partial charge on any atom is -0.494 e. The predicted octanol–water partition coefficient (Wildman–Crippen LogP) is 5.01. The number of esters is 1. The highest BCUT2D eigenvalue weighted by Crippen LogP contribution is 2.62. The number of carbonyl (C=O) groups is 1. The fourth-order valence-electron chi connectivity index (χ4n) is 5.30. The van der Waals surface area contributed by atoms with Crippen LogP contribution in [0.2, 0.25) is 0 Å². The number of nitrogens with zero attached hydrogens (tertiary/aromatic N) is 1. The normalized spacial score (nSPS) is 20.6. The second-order valence-corrected chi connectivity index (χ2v) is 10.6. The number of aliphatic hydroxyl groups is 1. The lowest BCUT2D eigenvalue weighted by molar-refractivity contribution is 0.0524. The van der Waals surface area contributed by atoms with Crippen LogP contribution in [0.25, 0.3) is 21.3 Å². The van der Waals surface area contributed by atoms with E-state index < -0.39 is 5.97 Å². The molecule has 1 N–H and O–H groups in total. The van der Waals surface area contributed by atoms with E-state index >= 15 is 0 Å². The summed E-state index contributed by atoms with van der Waals surface area (Å²) in [5, 5.41) is 11.5. The van der Waals surface area contributed by atoms with E-state index in [1.165, 1.54) is 5.56 Å². The molecule has 0 amide bonds. The average molecular weight is 466 g/mol. The molecule has 3 aliphatic carbocycles. The number of hydrogen-bond donors (Lipinski definition) is 1. The molecule has 2 aromatic heterocycles. The first-order chi connectivity index (χ1) is 16.0. The van der Waals surface area contributed by atoms with Crippen LogP contribution in [0, 0.1) is 5.41 Å². The van der Waals surface area contributed by atoms with Gasteiger partial charge in [-0.2, -0.15) is 0 Å². The number of aliphatic hydroxyl groups excluding tert-OH is 1. The molecule has 2 fully saturated rings. The van der Waals surface area contributed by atoms with Crippen LogP contribution in [-0.4, -0.2) is 29.4 Å². The Hall–Kier alpha value is -2.64. The maximum absolute atomic E-state index is 13.2. The summed E-state index contributed by atoms with van der Waals surface area (Å²) in [6.07, 6.45) is 7.51. The SMILES string of the molecule is CCOC(=O)c1cn(C2CC2)c2c(OC)c(-c3cc4c(s3)C(O)C3(CC4)CC3)ccc2c1=O. The Balaban J connectivity index is 1.54. The lowest BCUT2D eigenvalue weighted by Gasteiger charge is -2.27. The van der Waals surface area contributed by atoms with Crippen molar-refractivity contribution in [2.24, 2.45) is 5.41 Å². The predicted molar refractivity (Wildman–Crippen MR) is 127 cm³/mol. The summed E-state index contributed by atoms with van der Waals surface area (Å²) in [6.45, 7) is 1.95. The van der Waals surface area contributed by atoms with Crippen LogP contribution in [0.5, 0.6) is 5.75 Å². The van der Waals surface area contributed by atoms with Gasteiger partial charge in [-0.1, -0.05) is 0 Å². The second kappa shape index (κ2) is 7.43. The van der Waals surface area contributed by atoms with Gasteiger partial charge in [-0.3, -0.25) is 4.79 Å². The van der Waals surface area contributed by atoms with E-state index in [0.29, 0.717) is 11.1 Å². The largest absolute Gasteiger partial charge is 0.494 e. The number of ether oxygens (including phenoxy) is 2. The molecule has 0 aliphatic heterocycles. The standard InChI is InChI=1S/C26H27NO5S/c1-3-32-25(30)18-13-27(15-4-5-15)20-17(21(18)28)7-6-16(22(20)31-2)19-12-14-8-9-26(10-11-26)24(29)23(14)33-19/h6-7,12-13,15,24,29H,3-5,8-11H2,1-2H3. The Morgan fingerprint density at radius 3 is 2.73 bits per heavy atom. The minimum atomic E-state index is -0.587. The maximum Gasteiger partial charge on any atom is 0.343 e. The summed E-state index contributed by atoms with van der Waals surface area (Å²) in [4.78, 5) is 27.8. The molecule has 0 bridgehead atoms. The van der Waals surface area contributed by atoms with Gasteiger partial charge in [-0.15, -0.1) is 11.3 Å². The molecule has 3 aliphatic rings. The smallest absolute Gasteiger partial charge is 0.343 e. The van der Waals surface area contributed by atoms with Crippen LogP contribution in [0.1, 0.15) is 72.0 Å². The number of benzene rings is 1. The molecule has 6 rings (SSSR count). The topological polar surface area (TPSA) is 77.8 Å². The summed E-state index contributed by atoms with van der Waals surface area (Å²) >= 11 is 1.63. The van der Waals surface area contributed by atoms with Gasteiger partial charge in [0.05, 0.1) is 30.7 Å². The molecule has 0 radical (unpaired) electrons. The quantitative estimate of drug-likeness (QED) is 0.536. The highest BCUT2D eigenvalue weighted by Gasteiger charge is 2.52. The number of hydrogen-bond acceptors (Lipinski definition) is 6. The fraction of sp³-hybridized carbons (Fsp3) is 0.462. The number of rotatable bonds is 5. The molecule has 2 saturated carbocycles. The molecular weight excluding hydrogens is 438 g/mol. The zero-order valence-corrected chi connectivity index (χ0v) is 19.7. The highest BCUT2D eigenvalue weighted by atomic mass is 32.1. The maximum atomic E-state index is 13.2. The zero-order valence-electron chi connectivity index (χ0n) is 18.8. The van der Waals surface area contributed by atoms with Gasteiger partial charge in [0.2, 0.25) is 5.43 Å². The van der Waals surface area contributed by atoms with Gasteiger partial charge in [0.1, 0.15) is 5.56 Å².